The minimum Gasteiger partial charge on any atom is -0.360 e. The van der Waals surface area contributed by atoms with Crippen LogP contribution in [0.3, 0.4) is 0 Å². The lowest BCUT2D eigenvalue weighted by atomic mass is 10.3. The van der Waals surface area contributed by atoms with Gasteiger partial charge < -0.3 is 15.2 Å². The van der Waals surface area contributed by atoms with Crippen molar-refractivity contribution in [2.45, 2.75) is 6.92 Å². The van der Waals surface area contributed by atoms with E-state index in [1.54, 1.807) is 30.5 Å². The van der Waals surface area contributed by atoms with Gasteiger partial charge in [-0.15, -0.1) is 0 Å². The summed E-state index contributed by atoms with van der Waals surface area (Å²) in [6.45, 7) is 1.83. The van der Waals surface area contributed by atoms with Gasteiger partial charge in [0.05, 0.1) is 0 Å². The van der Waals surface area contributed by atoms with Crippen molar-refractivity contribution < 1.29 is 4.52 Å². The van der Waals surface area contributed by atoms with E-state index in [-0.39, 0.29) is 0 Å². The first-order valence-electron chi connectivity index (χ1n) is 6.25. The van der Waals surface area contributed by atoms with Gasteiger partial charge in [-0.1, -0.05) is 16.8 Å². The van der Waals surface area contributed by atoms with Gasteiger partial charge in [0.2, 0.25) is 5.95 Å². The van der Waals surface area contributed by atoms with Gasteiger partial charge in [-0.05, 0) is 37.3 Å². The molecule has 0 aliphatic heterocycles. The molecule has 3 rings (SSSR count). The lowest BCUT2D eigenvalue weighted by Gasteiger charge is -2.06. The molecule has 0 unspecified atom stereocenters. The molecular weight excluding hydrogens is 290 g/mol. The van der Waals surface area contributed by atoms with Crippen molar-refractivity contribution in [2.75, 3.05) is 10.6 Å². The summed E-state index contributed by atoms with van der Waals surface area (Å²) < 4.78 is 4.99. The van der Waals surface area contributed by atoms with Crippen LogP contribution in [-0.2, 0) is 0 Å². The second-order valence-corrected chi connectivity index (χ2v) is 4.78. The lowest BCUT2D eigenvalue weighted by molar-refractivity contribution is 0.400. The number of nitrogens with zero attached hydrogens (tertiary/aromatic N) is 3. The molecule has 0 bridgehead atoms. The minimum absolute atomic E-state index is 0.475. The zero-order valence-electron chi connectivity index (χ0n) is 11.2. The molecule has 0 atom stereocenters. The highest BCUT2D eigenvalue weighted by molar-refractivity contribution is 6.30. The summed E-state index contributed by atoms with van der Waals surface area (Å²) >= 11 is 5.85. The van der Waals surface area contributed by atoms with Crippen LogP contribution in [0.25, 0.3) is 0 Å². The molecule has 6 nitrogen and oxygen atoms in total. The third-order valence-electron chi connectivity index (χ3n) is 2.64. The smallest absolute Gasteiger partial charge is 0.229 e. The first-order valence-corrected chi connectivity index (χ1v) is 6.63. The van der Waals surface area contributed by atoms with E-state index in [1.165, 1.54) is 0 Å². The van der Waals surface area contributed by atoms with Crippen molar-refractivity contribution >= 4 is 34.9 Å². The fraction of sp³-hybridized carbons (Fsp3) is 0.0714. The number of aryl methyl sites for hydroxylation is 1. The van der Waals surface area contributed by atoms with Crippen LogP contribution >= 0.6 is 11.6 Å². The van der Waals surface area contributed by atoms with Gasteiger partial charge in [0.25, 0.3) is 0 Å². The Morgan fingerprint density at radius 1 is 1.05 bits per heavy atom. The van der Waals surface area contributed by atoms with Crippen molar-refractivity contribution in [3.8, 4) is 0 Å². The maximum Gasteiger partial charge on any atom is 0.229 e. The Morgan fingerprint density at radius 2 is 1.86 bits per heavy atom. The van der Waals surface area contributed by atoms with Crippen molar-refractivity contribution in [1.29, 1.82) is 0 Å². The fourth-order valence-electron chi connectivity index (χ4n) is 1.71. The Labute approximate surface area is 126 Å². The minimum atomic E-state index is 0.475. The summed E-state index contributed by atoms with van der Waals surface area (Å²) in [7, 11) is 0. The predicted octanol–water partition coefficient (Wildman–Crippen LogP) is 3.91. The highest BCUT2D eigenvalue weighted by atomic mass is 35.5. The molecular formula is C14H12ClN5O. The average Bonchev–Trinajstić information content (AvgIpc) is 2.87. The van der Waals surface area contributed by atoms with Gasteiger partial charge in [0.15, 0.2) is 5.82 Å². The van der Waals surface area contributed by atoms with Gasteiger partial charge in [-0.3, -0.25) is 0 Å². The molecule has 0 amide bonds. The van der Waals surface area contributed by atoms with Crippen LogP contribution in [0, 0.1) is 6.92 Å². The SMILES string of the molecule is Cc1cc(Nc2ccnc(Nc3ccc(Cl)cc3)n2)no1. The molecule has 7 heteroatoms. The second kappa shape index (κ2) is 5.80. The summed E-state index contributed by atoms with van der Waals surface area (Å²) in [5.74, 6) is 2.42. The first kappa shape index (κ1) is 13.4. The van der Waals surface area contributed by atoms with Crippen LogP contribution in [0.5, 0.6) is 0 Å². The normalized spacial score (nSPS) is 10.4. The Hall–Kier alpha value is -2.60. The van der Waals surface area contributed by atoms with Crippen LogP contribution in [0.4, 0.5) is 23.3 Å². The van der Waals surface area contributed by atoms with E-state index in [0.29, 0.717) is 22.6 Å². The zero-order valence-corrected chi connectivity index (χ0v) is 11.9. The maximum absolute atomic E-state index is 5.85. The molecule has 2 heterocycles. The Kier molecular flexibility index (Phi) is 3.70. The molecule has 0 saturated carbocycles. The first-order chi connectivity index (χ1) is 10.2. The van der Waals surface area contributed by atoms with Crippen LogP contribution < -0.4 is 10.6 Å². The Morgan fingerprint density at radius 3 is 2.57 bits per heavy atom. The summed E-state index contributed by atoms with van der Waals surface area (Å²) in [6, 6.07) is 10.8. The number of rotatable bonds is 4. The molecule has 2 N–H and O–H groups in total. The standard InChI is InChI=1S/C14H12ClN5O/c1-9-8-13(20-21-9)18-12-6-7-16-14(19-12)17-11-4-2-10(15)3-5-11/h2-8H,1H3,(H2,16,17,18,19,20). The van der Waals surface area contributed by atoms with E-state index >= 15 is 0 Å². The molecule has 0 radical (unpaired) electrons. The quantitative estimate of drug-likeness (QED) is 0.761. The summed E-state index contributed by atoms with van der Waals surface area (Å²) in [4.78, 5) is 8.51. The molecule has 21 heavy (non-hydrogen) atoms. The number of halogens is 1. The number of nitrogens with one attached hydrogen (secondary N) is 2. The molecule has 0 aliphatic carbocycles. The number of hydrogen-bond acceptors (Lipinski definition) is 6. The number of anilines is 4. The monoisotopic (exact) mass is 301 g/mol. The van der Waals surface area contributed by atoms with E-state index in [2.05, 4.69) is 25.8 Å². The van der Waals surface area contributed by atoms with Crippen LogP contribution in [0.1, 0.15) is 5.76 Å². The largest absolute Gasteiger partial charge is 0.360 e. The highest BCUT2D eigenvalue weighted by Crippen LogP contribution is 2.19. The van der Waals surface area contributed by atoms with E-state index < -0.39 is 0 Å². The molecule has 0 spiro atoms. The average molecular weight is 302 g/mol. The second-order valence-electron chi connectivity index (χ2n) is 4.35. The van der Waals surface area contributed by atoms with Gasteiger partial charge in [-0.25, -0.2) is 4.98 Å². The molecule has 0 aliphatic rings. The van der Waals surface area contributed by atoms with Gasteiger partial charge in [-0.2, -0.15) is 4.98 Å². The molecule has 106 valence electrons. The van der Waals surface area contributed by atoms with E-state index in [9.17, 15) is 0 Å². The van der Waals surface area contributed by atoms with Crippen molar-refractivity contribution in [1.82, 2.24) is 15.1 Å². The molecule has 3 aromatic rings. The highest BCUT2D eigenvalue weighted by Gasteiger charge is 2.04. The summed E-state index contributed by atoms with van der Waals surface area (Å²) in [6.07, 6.45) is 1.65. The summed E-state index contributed by atoms with van der Waals surface area (Å²) in [5, 5.41) is 10.7. The third-order valence-corrected chi connectivity index (χ3v) is 2.89. The lowest BCUT2D eigenvalue weighted by Crippen LogP contribution is -2.00. The topological polar surface area (TPSA) is 75.9 Å². The van der Waals surface area contributed by atoms with Crippen LogP contribution in [0.2, 0.25) is 5.02 Å². The third kappa shape index (κ3) is 3.49. The number of aromatic nitrogens is 3. The number of benzene rings is 1. The number of hydrogen-bond donors (Lipinski definition) is 2. The Bertz CT molecular complexity index is 741. The van der Waals surface area contributed by atoms with Crippen LogP contribution in [-0.4, -0.2) is 15.1 Å². The van der Waals surface area contributed by atoms with Crippen molar-refractivity contribution in [3.05, 3.63) is 53.4 Å². The molecule has 0 fully saturated rings. The zero-order chi connectivity index (χ0) is 14.7. The molecule has 2 aromatic heterocycles. The maximum atomic E-state index is 5.85. The predicted molar refractivity (Wildman–Crippen MR) is 81.3 cm³/mol. The fourth-order valence-corrected chi connectivity index (χ4v) is 1.83. The van der Waals surface area contributed by atoms with E-state index in [4.69, 9.17) is 16.1 Å². The van der Waals surface area contributed by atoms with Crippen LogP contribution in [0.15, 0.2) is 47.1 Å². The van der Waals surface area contributed by atoms with Gasteiger partial charge >= 0.3 is 0 Å². The van der Waals surface area contributed by atoms with E-state index in [0.717, 1.165) is 11.4 Å². The van der Waals surface area contributed by atoms with Crippen molar-refractivity contribution in [3.63, 3.8) is 0 Å². The Balaban J connectivity index is 1.75. The van der Waals surface area contributed by atoms with Gasteiger partial charge in [0, 0.05) is 23.0 Å². The summed E-state index contributed by atoms with van der Waals surface area (Å²) in [5.41, 5.74) is 0.855. The molecule has 0 saturated heterocycles. The van der Waals surface area contributed by atoms with Crippen molar-refractivity contribution in [2.24, 2.45) is 0 Å². The van der Waals surface area contributed by atoms with Gasteiger partial charge in [0.1, 0.15) is 11.6 Å². The van der Waals surface area contributed by atoms with E-state index in [1.807, 2.05) is 19.1 Å². The molecule has 1 aromatic carbocycles.